The van der Waals surface area contributed by atoms with Crippen molar-refractivity contribution in [2.24, 2.45) is 0 Å². The summed E-state index contributed by atoms with van der Waals surface area (Å²) in [5.41, 5.74) is 1.25. The fourth-order valence-electron chi connectivity index (χ4n) is 1.69. The molecular formula is C13H14O3. The molecule has 16 heavy (non-hydrogen) atoms. The van der Waals surface area contributed by atoms with E-state index >= 15 is 0 Å². The second kappa shape index (κ2) is 4.00. The average molecular weight is 218 g/mol. The second-order valence-electron chi connectivity index (χ2n) is 3.98. The van der Waals surface area contributed by atoms with E-state index in [1.54, 1.807) is 6.92 Å². The van der Waals surface area contributed by atoms with Crippen LogP contribution >= 0.6 is 0 Å². The van der Waals surface area contributed by atoms with E-state index in [-0.39, 0.29) is 12.1 Å². The van der Waals surface area contributed by atoms with Gasteiger partial charge in [-0.3, -0.25) is 0 Å². The van der Waals surface area contributed by atoms with Crippen LogP contribution in [0.2, 0.25) is 0 Å². The summed E-state index contributed by atoms with van der Waals surface area (Å²) in [5.74, 6) is 0.282. The summed E-state index contributed by atoms with van der Waals surface area (Å²) < 4.78 is 10.7. The maximum absolute atomic E-state index is 11.9. The van der Waals surface area contributed by atoms with Crippen LogP contribution in [0.1, 0.15) is 30.0 Å². The molecule has 3 heteroatoms. The first-order valence-corrected chi connectivity index (χ1v) is 5.28. The quantitative estimate of drug-likeness (QED) is 0.726. The molecule has 0 bridgehead atoms. The lowest BCUT2D eigenvalue weighted by atomic mass is 10.1. The number of benzene rings is 1. The number of hydrogen-bond donors (Lipinski definition) is 0. The van der Waals surface area contributed by atoms with E-state index in [1.807, 2.05) is 38.1 Å². The molecule has 0 radical (unpaired) electrons. The minimum atomic E-state index is -0.322. The number of esters is 1. The molecule has 0 aliphatic carbocycles. The van der Waals surface area contributed by atoms with Crippen molar-refractivity contribution in [2.75, 3.05) is 0 Å². The molecule has 2 aromatic rings. The maximum atomic E-state index is 11.9. The average Bonchev–Trinajstić information content (AvgIpc) is 2.52. The van der Waals surface area contributed by atoms with Crippen molar-refractivity contribution in [3.05, 3.63) is 35.6 Å². The van der Waals surface area contributed by atoms with Crippen LogP contribution in [0.5, 0.6) is 0 Å². The minimum Gasteiger partial charge on any atom is -0.460 e. The van der Waals surface area contributed by atoms with Crippen LogP contribution in [0.25, 0.3) is 11.0 Å². The Labute approximate surface area is 94.0 Å². The van der Waals surface area contributed by atoms with E-state index in [0.29, 0.717) is 11.3 Å². The first-order chi connectivity index (χ1) is 7.59. The summed E-state index contributed by atoms with van der Waals surface area (Å²) in [7, 11) is 0. The van der Waals surface area contributed by atoms with Gasteiger partial charge in [-0.25, -0.2) is 4.79 Å². The maximum Gasteiger partial charge on any atom is 0.342 e. The van der Waals surface area contributed by atoms with E-state index in [0.717, 1.165) is 11.0 Å². The van der Waals surface area contributed by atoms with Crippen molar-refractivity contribution in [1.29, 1.82) is 0 Å². The van der Waals surface area contributed by atoms with Gasteiger partial charge in [0.15, 0.2) is 0 Å². The fourth-order valence-corrected chi connectivity index (χ4v) is 1.69. The van der Waals surface area contributed by atoms with E-state index in [9.17, 15) is 4.79 Å². The normalized spacial score (nSPS) is 11.0. The van der Waals surface area contributed by atoms with Gasteiger partial charge in [0.05, 0.1) is 6.10 Å². The lowest BCUT2D eigenvalue weighted by Crippen LogP contribution is -2.12. The number of para-hydroxylation sites is 1. The Morgan fingerprint density at radius 1 is 1.31 bits per heavy atom. The zero-order chi connectivity index (χ0) is 11.7. The molecule has 0 aliphatic heterocycles. The summed E-state index contributed by atoms with van der Waals surface area (Å²) in [6.07, 6.45) is -0.124. The molecule has 0 unspecified atom stereocenters. The molecule has 1 heterocycles. The molecule has 3 nitrogen and oxygen atoms in total. The monoisotopic (exact) mass is 218 g/mol. The van der Waals surface area contributed by atoms with Crippen molar-refractivity contribution in [2.45, 2.75) is 26.9 Å². The number of fused-ring (bicyclic) bond motifs is 1. The number of carbonyl (C=O) groups is 1. The molecule has 0 atom stereocenters. The molecular weight excluding hydrogens is 204 g/mol. The standard InChI is InChI=1S/C13H14O3/c1-8(2)15-13(14)12-9(3)16-11-7-5-4-6-10(11)12/h4-8H,1-3H3. The van der Waals surface area contributed by atoms with Crippen molar-refractivity contribution in [3.8, 4) is 0 Å². The Morgan fingerprint density at radius 3 is 2.69 bits per heavy atom. The molecule has 0 saturated heterocycles. The molecule has 1 aromatic heterocycles. The topological polar surface area (TPSA) is 39.4 Å². The highest BCUT2D eigenvalue weighted by molar-refractivity contribution is 6.04. The molecule has 2 rings (SSSR count). The Balaban J connectivity index is 2.51. The minimum absolute atomic E-state index is 0.124. The second-order valence-corrected chi connectivity index (χ2v) is 3.98. The number of rotatable bonds is 2. The summed E-state index contributed by atoms with van der Waals surface area (Å²) in [4.78, 5) is 11.9. The highest BCUT2D eigenvalue weighted by atomic mass is 16.5. The number of hydrogen-bond acceptors (Lipinski definition) is 3. The predicted molar refractivity (Wildman–Crippen MR) is 61.5 cm³/mol. The zero-order valence-electron chi connectivity index (χ0n) is 9.61. The molecule has 0 saturated carbocycles. The van der Waals surface area contributed by atoms with Gasteiger partial charge in [-0.1, -0.05) is 18.2 Å². The van der Waals surface area contributed by atoms with Crippen molar-refractivity contribution < 1.29 is 13.9 Å². The largest absolute Gasteiger partial charge is 0.460 e. The van der Waals surface area contributed by atoms with Gasteiger partial charge >= 0.3 is 5.97 Å². The summed E-state index contributed by atoms with van der Waals surface area (Å²) in [6, 6.07) is 7.46. The van der Waals surface area contributed by atoms with E-state index in [4.69, 9.17) is 9.15 Å². The Hall–Kier alpha value is -1.77. The molecule has 1 aromatic carbocycles. The zero-order valence-corrected chi connectivity index (χ0v) is 9.61. The van der Waals surface area contributed by atoms with Crippen LogP contribution in [-0.4, -0.2) is 12.1 Å². The molecule has 0 amide bonds. The van der Waals surface area contributed by atoms with E-state index in [2.05, 4.69) is 0 Å². The number of furan rings is 1. The lowest BCUT2D eigenvalue weighted by molar-refractivity contribution is 0.0378. The van der Waals surface area contributed by atoms with Crippen molar-refractivity contribution in [3.63, 3.8) is 0 Å². The third-order valence-electron chi connectivity index (χ3n) is 2.32. The smallest absolute Gasteiger partial charge is 0.342 e. The number of aryl methyl sites for hydroxylation is 1. The van der Waals surface area contributed by atoms with Gasteiger partial charge in [0.2, 0.25) is 0 Å². The molecule has 0 spiro atoms. The van der Waals surface area contributed by atoms with Crippen LogP contribution in [0, 0.1) is 6.92 Å². The van der Waals surface area contributed by atoms with Crippen LogP contribution in [-0.2, 0) is 4.74 Å². The first kappa shape index (κ1) is 10.7. The molecule has 0 N–H and O–H groups in total. The first-order valence-electron chi connectivity index (χ1n) is 5.28. The van der Waals surface area contributed by atoms with Crippen molar-refractivity contribution in [1.82, 2.24) is 0 Å². The fraction of sp³-hybridized carbons (Fsp3) is 0.308. The summed E-state index contributed by atoms with van der Waals surface area (Å²) >= 11 is 0. The van der Waals surface area contributed by atoms with Crippen LogP contribution in [0.4, 0.5) is 0 Å². The van der Waals surface area contributed by atoms with Gasteiger partial charge in [0, 0.05) is 5.39 Å². The van der Waals surface area contributed by atoms with Crippen LogP contribution < -0.4 is 0 Å². The number of carbonyl (C=O) groups excluding carboxylic acids is 1. The Kier molecular flexibility index (Phi) is 2.69. The van der Waals surface area contributed by atoms with Gasteiger partial charge in [-0.2, -0.15) is 0 Å². The van der Waals surface area contributed by atoms with Crippen LogP contribution in [0.15, 0.2) is 28.7 Å². The predicted octanol–water partition coefficient (Wildman–Crippen LogP) is 3.31. The van der Waals surface area contributed by atoms with Gasteiger partial charge in [0.25, 0.3) is 0 Å². The van der Waals surface area contributed by atoms with Gasteiger partial charge in [0.1, 0.15) is 16.9 Å². The summed E-state index contributed by atoms with van der Waals surface area (Å²) in [6.45, 7) is 5.43. The lowest BCUT2D eigenvalue weighted by Gasteiger charge is -2.06. The Morgan fingerprint density at radius 2 is 2.00 bits per heavy atom. The Bertz CT molecular complexity index is 523. The highest BCUT2D eigenvalue weighted by Gasteiger charge is 2.19. The van der Waals surface area contributed by atoms with Gasteiger partial charge < -0.3 is 9.15 Å². The molecule has 0 fully saturated rings. The SMILES string of the molecule is Cc1oc2ccccc2c1C(=O)OC(C)C. The van der Waals surface area contributed by atoms with Gasteiger partial charge in [-0.05, 0) is 26.8 Å². The number of ether oxygens (including phenoxy) is 1. The van der Waals surface area contributed by atoms with Gasteiger partial charge in [-0.15, -0.1) is 0 Å². The third kappa shape index (κ3) is 1.81. The highest BCUT2D eigenvalue weighted by Crippen LogP contribution is 2.26. The van der Waals surface area contributed by atoms with Crippen LogP contribution in [0.3, 0.4) is 0 Å². The van der Waals surface area contributed by atoms with Crippen molar-refractivity contribution >= 4 is 16.9 Å². The molecule has 84 valence electrons. The van der Waals surface area contributed by atoms with E-state index in [1.165, 1.54) is 0 Å². The summed E-state index contributed by atoms with van der Waals surface area (Å²) in [5, 5.41) is 0.811. The molecule has 0 aliphatic rings. The third-order valence-corrected chi connectivity index (χ3v) is 2.32. The van der Waals surface area contributed by atoms with E-state index < -0.39 is 0 Å².